The third-order valence-electron chi connectivity index (χ3n) is 3.17. The fourth-order valence-electron chi connectivity index (χ4n) is 1.95. The van der Waals surface area contributed by atoms with Gasteiger partial charge >= 0.3 is 0 Å². The highest BCUT2D eigenvalue weighted by Gasteiger charge is 2.22. The topological polar surface area (TPSA) is 80.9 Å². The van der Waals surface area contributed by atoms with Crippen molar-refractivity contribution >= 4 is 34.4 Å². The molecule has 0 spiro atoms. The largest absolute Gasteiger partial charge is 0.330 e. The number of fused-ring (bicyclic) bond motifs is 1. The third kappa shape index (κ3) is 3.05. The normalized spacial score (nSPS) is 12.7. The van der Waals surface area contributed by atoms with Crippen molar-refractivity contribution in [1.29, 1.82) is 0 Å². The molecule has 1 amide bonds. The predicted molar refractivity (Wildman–Crippen MR) is 80.6 cm³/mol. The maximum atomic E-state index is 12.2. The third-order valence-corrected chi connectivity index (χ3v) is 3.43. The Labute approximate surface area is 122 Å². The van der Waals surface area contributed by atoms with Crippen molar-refractivity contribution in [2.75, 3.05) is 11.9 Å². The summed E-state index contributed by atoms with van der Waals surface area (Å²) in [6.45, 7) is 4.18. The number of anilines is 1. The van der Waals surface area contributed by atoms with Crippen LogP contribution in [0.2, 0.25) is 5.15 Å². The van der Waals surface area contributed by atoms with E-state index in [9.17, 15) is 4.79 Å². The first kappa shape index (κ1) is 14.7. The SMILES string of the molecule is CC(C)C(CN)C(=O)Nc1nc2ccccc2nc1Cl. The van der Waals surface area contributed by atoms with E-state index in [-0.39, 0.29) is 35.3 Å². The molecule has 1 aromatic carbocycles. The molecule has 2 rings (SSSR count). The summed E-state index contributed by atoms with van der Waals surface area (Å²) in [5.74, 6) is -0.0463. The van der Waals surface area contributed by atoms with Crippen LogP contribution in [0.3, 0.4) is 0 Å². The number of nitrogens with one attached hydrogen (secondary N) is 1. The second-order valence-electron chi connectivity index (χ2n) is 4.93. The molecule has 0 aliphatic rings. The molecule has 1 unspecified atom stereocenters. The maximum Gasteiger partial charge on any atom is 0.230 e. The first-order chi connectivity index (χ1) is 9.52. The van der Waals surface area contributed by atoms with Gasteiger partial charge in [-0.25, -0.2) is 9.97 Å². The van der Waals surface area contributed by atoms with E-state index in [1.54, 1.807) is 0 Å². The molecule has 0 saturated heterocycles. The number of rotatable bonds is 4. The lowest BCUT2D eigenvalue weighted by atomic mass is 9.95. The zero-order valence-corrected chi connectivity index (χ0v) is 12.2. The fourth-order valence-corrected chi connectivity index (χ4v) is 2.13. The molecule has 1 heterocycles. The van der Waals surface area contributed by atoms with E-state index in [1.165, 1.54) is 0 Å². The van der Waals surface area contributed by atoms with E-state index in [1.807, 2.05) is 38.1 Å². The van der Waals surface area contributed by atoms with Gasteiger partial charge in [0.25, 0.3) is 0 Å². The molecule has 6 heteroatoms. The summed E-state index contributed by atoms with van der Waals surface area (Å²) in [5.41, 5.74) is 7.00. The molecule has 20 heavy (non-hydrogen) atoms. The average molecular weight is 293 g/mol. The molecule has 3 N–H and O–H groups in total. The number of halogens is 1. The van der Waals surface area contributed by atoms with Crippen LogP contribution in [0.15, 0.2) is 24.3 Å². The van der Waals surface area contributed by atoms with E-state index in [4.69, 9.17) is 17.3 Å². The Hall–Kier alpha value is -1.72. The molecule has 0 radical (unpaired) electrons. The van der Waals surface area contributed by atoms with Crippen LogP contribution in [0.25, 0.3) is 11.0 Å². The summed E-state index contributed by atoms with van der Waals surface area (Å²) >= 11 is 6.06. The van der Waals surface area contributed by atoms with Gasteiger partial charge in [0.05, 0.1) is 17.0 Å². The smallest absolute Gasteiger partial charge is 0.230 e. The van der Waals surface area contributed by atoms with Crippen molar-refractivity contribution in [3.05, 3.63) is 29.4 Å². The molecule has 0 bridgehead atoms. The molecular weight excluding hydrogens is 276 g/mol. The van der Waals surface area contributed by atoms with Gasteiger partial charge in [-0.2, -0.15) is 0 Å². The molecule has 0 fully saturated rings. The molecule has 0 saturated carbocycles. The summed E-state index contributed by atoms with van der Waals surface area (Å²) in [5, 5.41) is 2.89. The van der Waals surface area contributed by atoms with E-state index in [2.05, 4.69) is 15.3 Å². The van der Waals surface area contributed by atoms with E-state index in [0.29, 0.717) is 11.0 Å². The summed E-state index contributed by atoms with van der Waals surface area (Å²) in [7, 11) is 0. The first-order valence-electron chi connectivity index (χ1n) is 6.46. The van der Waals surface area contributed by atoms with Crippen molar-refractivity contribution < 1.29 is 4.79 Å². The Kier molecular flexibility index (Phi) is 4.52. The van der Waals surface area contributed by atoms with Crippen LogP contribution < -0.4 is 11.1 Å². The highest BCUT2D eigenvalue weighted by Crippen LogP contribution is 2.22. The number of nitrogens with zero attached hydrogens (tertiary/aromatic N) is 2. The molecule has 0 aliphatic heterocycles. The number of para-hydroxylation sites is 2. The van der Waals surface area contributed by atoms with Gasteiger partial charge in [0.15, 0.2) is 11.0 Å². The van der Waals surface area contributed by atoms with Gasteiger partial charge in [-0.3, -0.25) is 4.79 Å². The van der Waals surface area contributed by atoms with Gasteiger partial charge in [0.1, 0.15) is 0 Å². The lowest BCUT2D eigenvalue weighted by Gasteiger charge is -2.18. The minimum absolute atomic E-state index is 0.146. The number of amides is 1. The molecule has 5 nitrogen and oxygen atoms in total. The number of hydrogen-bond donors (Lipinski definition) is 2. The minimum Gasteiger partial charge on any atom is -0.330 e. The van der Waals surface area contributed by atoms with Crippen LogP contribution in [0.1, 0.15) is 13.8 Å². The molecule has 0 aliphatic carbocycles. The lowest BCUT2D eigenvalue weighted by Crippen LogP contribution is -2.33. The Bertz CT molecular complexity index is 630. The second-order valence-corrected chi connectivity index (χ2v) is 5.29. The highest BCUT2D eigenvalue weighted by atomic mass is 35.5. The van der Waals surface area contributed by atoms with Crippen molar-refractivity contribution in [3.8, 4) is 0 Å². The van der Waals surface area contributed by atoms with Crippen LogP contribution in [-0.4, -0.2) is 22.4 Å². The quantitative estimate of drug-likeness (QED) is 0.907. The van der Waals surface area contributed by atoms with Gasteiger partial charge in [0, 0.05) is 6.54 Å². The van der Waals surface area contributed by atoms with Crippen molar-refractivity contribution in [2.45, 2.75) is 13.8 Å². The molecule has 1 aromatic heterocycles. The molecule has 1 atom stereocenters. The standard InChI is InChI=1S/C14H17ClN4O/c1-8(2)9(7-16)14(20)19-13-12(15)17-10-5-3-4-6-11(10)18-13/h3-6,8-9H,7,16H2,1-2H3,(H,18,19,20). The second kappa shape index (κ2) is 6.15. The lowest BCUT2D eigenvalue weighted by molar-refractivity contribution is -0.120. The van der Waals surface area contributed by atoms with Gasteiger partial charge < -0.3 is 11.1 Å². The van der Waals surface area contributed by atoms with Gasteiger partial charge in [-0.15, -0.1) is 0 Å². The minimum atomic E-state index is -0.278. The number of nitrogens with two attached hydrogens (primary N) is 1. The number of carbonyl (C=O) groups excluding carboxylic acids is 1. The molecule has 2 aromatic rings. The summed E-state index contributed by atoms with van der Waals surface area (Å²) < 4.78 is 0. The zero-order chi connectivity index (χ0) is 14.7. The van der Waals surface area contributed by atoms with Crippen LogP contribution in [0, 0.1) is 11.8 Å². The van der Waals surface area contributed by atoms with Crippen molar-refractivity contribution in [1.82, 2.24) is 9.97 Å². The van der Waals surface area contributed by atoms with Gasteiger partial charge in [-0.1, -0.05) is 37.6 Å². The fraction of sp³-hybridized carbons (Fsp3) is 0.357. The number of hydrogen-bond acceptors (Lipinski definition) is 4. The van der Waals surface area contributed by atoms with Crippen LogP contribution in [0.4, 0.5) is 5.82 Å². The van der Waals surface area contributed by atoms with Gasteiger partial charge in [-0.05, 0) is 18.1 Å². The maximum absolute atomic E-state index is 12.2. The van der Waals surface area contributed by atoms with Gasteiger partial charge in [0.2, 0.25) is 5.91 Å². The number of aromatic nitrogens is 2. The average Bonchev–Trinajstić information content (AvgIpc) is 2.40. The van der Waals surface area contributed by atoms with E-state index >= 15 is 0 Å². The van der Waals surface area contributed by atoms with Crippen molar-refractivity contribution in [2.24, 2.45) is 17.6 Å². The van der Waals surface area contributed by atoms with Crippen LogP contribution in [0.5, 0.6) is 0 Å². The predicted octanol–water partition coefficient (Wildman–Crippen LogP) is 2.45. The van der Waals surface area contributed by atoms with E-state index < -0.39 is 0 Å². The summed E-state index contributed by atoms with van der Waals surface area (Å²) in [6.07, 6.45) is 0. The monoisotopic (exact) mass is 292 g/mol. The van der Waals surface area contributed by atoms with Crippen molar-refractivity contribution in [3.63, 3.8) is 0 Å². The molecular formula is C14H17ClN4O. The Morgan fingerprint density at radius 2 is 1.90 bits per heavy atom. The Morgan fingerprint density at radius 3 is 2.45 bits per heavy atom. The van der Waals surface area contributed by atoms with Crippen LogP contribution in [-0.2, 0) is 4.79 Å². The van der Waals surface area contributed by atoms with Crippen LogP contribution >= 0.6 is 11.6 Å². The summed E-state index contributed by atoms with van der Waals surface area (Å²) in [6, 6.07) is 7.34. The Balaban J connectivity index is 2.29. The number of benzene rings is 1. The highest BCUT2D eigenvalue weighted by molar-refractivity contribution is 6.32. The first-order valence-corrected chi connectivity index (χ1v) is 6.84. The Morgan fingerprint density at radius 1 is 1.30 bits per heavy atom. The number of carbonyl (C=O) groups is 1. The molecule has 106 valence electrons. The zero-order valence-electron chi connectivity index (χ0n) is 11.4. The summed E-state index contributed by atoms with van der Waals surface area (Å²) in [4.78, 5) is 20.7. The van der Waals surface area contributed by atoms with E-state index in [0.717, 1.165) is 0 Å².